The highest BCUT2D eigenvalue weighted by Crippen LogP contribution is 2.21. The van der Waals surface area contributed by atoms with Gasteiger partial charge in [0.15, 0.2) is 5.78 Å². The highest BCUT2D eigenvalue weighted by Gasteiger charge is 2.33. The number of aliphatic hydroxyl groups is 3. The first kappa shape index (κ1) is 19.5. The smallest absolute Gasteiger partial charge is 0.311 e. The van der Waals surface area contributed by atoms with Crippen molar-refractivity contribution in [1.29, 1.82) is 0 Å². The van der Waals surface area contributed by atoms with Crippen LogP contribution in [0.25, 0.3) is 0 Å². The molecular formula is C17H26O6. The second-order valence-electron chi connectivity index (χ2n) is 6.06. The van der Waals surface area contributed by atoms with Gasteiger partial charge >= 0.3 is 5.97 Å². The summed E-state index contributed by atoms with van der Waals surface area (Å²) in [5.41, 5.74) is 1.26. The summed E-state index contributed by atoms with van der Waals surface area (Å²) >= 11 is 0. The van der Waals surface area contributed by atoms with Crippen LogP contribution in [0.1, 0.15) is 40.5 Å². The minimum absolute atomic E-state index is 0.314. The van der Waals surface area contributed by atoms with Crippen LogP contribution in [0.3, 0.4) is 0 Å². The van der Waals surface area contributed by atoms with Crippen LogP contribution in [0.4, 0.5) is 0 Å². The molecule has 0 aliphatic carbocycles. The zero-order chi connectivity index (χ0) is 17.7. The van der Waals surface area contributed by atoms with Crippen LogP contribution in [0.5, 0.6) is 0 Å². The minimum atomic E-state index is -1.62. The van der Waals surface area contributed by atoms with Crippen molar-refractivity contribution in [3.05, 3.63) is 23.3 Å². The number of rotatable bonds is 1. The normalized spacial score (nSPS) is 37.3. The van der Waals surface area contributed by atoms with Gasteiger partial charge in [0.2, 0.25) is 0 Å². The van der Waals surface area contributed by atoms with E-state index >= 15 is 0 Å². The van der Waals surface area contributed by atoms with E-state index in [0.717, 1.165) is 5.57 Å². The van der Waals surface area contributed by atoms with Gasteiger partial charge in [-0.3, -0.25) is 9.59 Å². The van der Waals surface area contributed by atoms with Crippen LogP contribution in [-0.2, 0) is 14.3 Å². The second-order valence-corrected chi connectivity index (χ2v) is 6.06. The van der Waals surface area contributed by atoms with Gasteiger partial charge in [0.25, 0.3) is 0 Å². The number of Topliss-reactive ketones (excluding diaryl/α,β-unsaturated/α-hetero) is 1. The van der Waals surface area contributed by atoms with Gasteiger partial charge in [0.1, 0.15) is 18.3 Å². The van der Waals surface area contributed by atoms with Crippen molar-refractivity contribution in [2.45, 2.75) is 65.0 Å². The molecule has 1 aliphatic heterocycles. The zero-order valence-electron chi connectivity index (χ0n) is 14.0. The predicted octanol–water partition coefficient (Wildman–Crippen LogP) is 0.892. The Bertz CT molecular complexity index is 507. The molecule has 5 atom stereocenters. The van der Waals surface area contributed by atoms with E-state index in [4.69, 9.17) is 4.74 Å². The first-order valence-electron chi connectivity index (χ1n) is 7.75. The first-order chi connectivity index (χ1) is 10.7. The topological polar surface area (TPSA) is 104 Å². The maximum absolute atomic E-state index is 12.2. The first-order valence-corrected chi connectivity index (χ1v) is 7.75. The van der Waals surface area contributed by atoms with Gasteiger partial charge in [-0.2, -0.15) is 0 Å². The van der Waals surface area contributed by atoms with Crippen LogP contribution in [0, 0.1) is 5.92 Å². The number of ether oxygens (including phenoxy) is 1. The standard InChI is InChI=1S/C17H26O6/c1-5-9(2)14-7-6-10(3)15(20)16(21)13(19)8-12(18)11(4)17(22)23-14/h5-6,11-12,14-16,18,20-21H,7-8H2,1-4H3/b9-5-,10-6+. The Balaban J connectivity index is 3.16. The fraction of sp³-hybridized carbons (Fsp3) is 0.647. The molecule has 0 saturated carbocycles. The summed E-state index contributed by atoms with van der Waals surface area (Å²) in [6.07, 6.45) is -1.39. The molecule has 0 saturated heterocycles. The third kappa shape index (κ3) is 4.99. The Hall–Kier alpha value is -1.50. The lowest BCUT2D eigenvalue weighted by atomic mass is 9.93. The lowest BCUT2D eigenvalue weighted by molar-refractivity contribution is -0.156. The summed E-state index contributed by atoms with van der Waals surface area (Å²) in [5.74, 6) is -2.21. The molecule has 130 valence electrons. The van der Waals surface area contributed by atoms with E-state index in [9.17, 15) is 24.9 Å². The van der Waals surface area contributed by atoms with Gasteiger partial charge < -0.3 is 20.1 Å². The van der Waals surface area contributed by atoms with Crippen molar-refractivity contribution in [3.63, 3.8) is 0 Å². The maximum Gasteiger partial charge on any atom is 0.311 e. The molecule has 0 spiro atoms. The Morgan fingerprint density at radius 1 is 1.26 bits per heavy atom. The molecule has 1 heterocycles. The molecule has 1 aliphatic rings. The number of carbonyl (C=O) groups excluding carboxylic acids is 2. The van der Waals surface area contributed by atoms with E-state index in [0.29, 0.717) is 12.0 Å². The summed E-state index contributed by atoms with van der Waals surface area (Å²) in [6, 6.07) is 0. The van der Waals surface area contributed by atoms with E-state index in [1.807, 2.05) is 19.9 Å². The van der Waals surface area contributed by atoms with Gasteiger partial charge in [-0.15, -0.1) is 0 Å². The van der Waals surface area contributed by atoms with Crippen LogP contribution in [0.15, 0.2) is 23.3 Å². The number of cyclic esters (lactones) is 1. The monoisotopic (exact) mass is 326 g/mol. The molecule has 0 radical (unpaired) electrons. The molecule has 1 rings (SSSR count). The number of esters is 1. The van der Waals surface area contributed by atoms with Gasteiger partial charge in [-0.1, -0.05) is 12.2 Å². The maximum atomic E-state index is 12.2. The molecular weight excluding hydrogens is 300 g/mol. The van der Waals surface area contributed by atoms with Crippen LogP contribution >= 0.6 is 0 Å². The predicted molar refractivity (Wildman–Crippen MR) is 84.5 cm³/mol. The minimum Gasteiger partial charge on any atom is -0.457 e. The lowest BCUT2D eigenvalue weighted by Crippen LogP contribution is -2.40. The molecule has 0 fully saturated rings. The summed E-state index contributed by atoms with van der Waals surface area (Å²) in [7, 11) is 0. The van der Waals surface area contributed by atoms with E-state index in [2.05, 4.69) is 0 Å². The number of aliphatic hydroxyl groups excluding tert-OH is 3. The molecule has 0 aromatic heterocycles. The van der Waals surface area contributed by atoms with Crippen molar-refractivity contribution in [2.24, 2.45) is 5.92 Å². The summed E-state index contributed by atoms with van der Waals surface area (Å²) < 4.78 is 5.44. The fourth-order valence-corrected chi connectivity index (χ4v) is 2.26. The molecule has 6 heteroatoms. The van der Waals surface area contributed by atoms with Crippen LogP contribution in [0.2, 0.25) is 0 Å². The highest BCUT2D eigenvalue weighted by molar-refractivity contribution is 5.85. The van der Waals surface area contributed by atoms with E-state index < -0.39 is 48.5 Å². The van der Waals surface area contributed by atoms with E-state index in [1.165, 1.54) is 6.92 Å². The second kappa shape index (κ2) is 8.38. The van der Waals surface area contributed by atoms with Crippen molar-refractivity contribution < 1.29 is 29.6 Å². The molecule has 3 N–H and O–H groups in total. The number of hydrogen-bond acceptors (Lipinski definition) is 6. The van der Waals surface area contributed by atoms with Gasteiger partial charge in [-0.05, 0) is 38.8 Å². The summed E-state index contributed by atoms with van der Waals surface area (Å²) in [4.78, 5) is 24.1. The lowest BCUT2D eigenvalue weighted by Gasteiger charge is -2.25. The Labute approximate surface area is 136 Å². The number of hydrogen-bond donors (Lipinski definition) is 3. The Kier molecular flexibility index (Phi) is 7.12. The Morgan fingerprint density at radius 3 is 2.43 bits per heavy atom. The number of ketones is 1. The summed E-state index contributed by atoms with van der Waals surface area (Å²) in [6.45, 7) is 6.71. The highest BCUT2D eigenvalue weighted by atomic mass is 16.5. The SMILES string of the molecule is C/C=C(/C)C1C/C=C(\C)C(O)C(O)C(=O)CC(O)C(C)C(=O)O1. The third-order valence-corrected chi connectivity index (χ3v) is 4.33. The van der Waals surface area contributed by atoms with Crippen molar-refractivity contribution in [2.75, 3.05) is 0 Å². The largest absolute Gasteiger partial charge is 0.457 e. The third-order valence-electron chi connectivity index (χ3n) is 4.33. The molecule has 0 aromatic carbocycles. The molecule has 0 amide bonds. The van der Waals surface area contributed by atoms with Crippen LogP contribution in [-0.4, -0.2) is 51.5 Å². The molecule has 6 nitrogen and oxygen atoms in total. The quantitative estimate of drug-likeness (QED) is 0.488. The molecule has 0 aromatic rings. The Morgan fingerprint density at radius 2 is 1.87 bits per heavy atom. The van der Waals surface area contributed by atoms with Gasteiger partial charge in [0, 0.05) is 12.8 Å². The van der Waals surface area contributed by atoms with Crippen molar-refractivity contribution in [3.8, 4) is 0 Å². The molecule has 0 bridgehead atoms. The zero-order valence-corrected chi connectivity index (χ0v) is 14.0. The average molecular weight is 326 g/mol. The van der Waals surface area contributed by atoms with Crippen LogP contribution < -0.4 is 0 Å². The number of carbonyl (C=O) groups is 2. The van der Waals surface area contributed by atoms with Gasteiger partial charge in [-0.25, -0.2) is 0 Å². The molecule has 23 heavy (non-hydrogen) atoms. The van der Waals surface area contributed by atoms with Crippen molar-refractivity contribution in [1.82, 2.24) is 0 Å². The average Bonchev–Trinajstić information content (AvgIpc) is 2.53. The van der Waals surface area contributed by atoms with Crippen molar-refractivity contribution >= 4 is 11.8 Å². The van der Waals surface area contributed by atoms with Gasteiger partial charge in [0.05, 0.1) is 12.0 Å². The fourth-order valence-electron chi connectivity index (χ4n) is 2.26. The summed E-state index contributed by atoms with van der Waals surface area (Å²) in [5, 5.41) is 30.0. The van der Waals surface area contributed by atoms with E-state index in [1.54, 1.807) is 13.0 Å². The van der Waals surface area contributed by atoms with E-state index in [-0.39, 0.29) is 0 Å². The molecule has 5 unspecified atom stereocenters. The number of allylic oxidation sites excluding steroid dienone is 1.